The number of thiophene rings is 1. The maximum absolute atomic E-state index is 12.8. The summed E-state index contributed by atoms with van der Waals surface area (Å²) in [6.45, 7) is 1.44. The second-order valence-corrected chi connectivity index (χ2v) is 8.82. The number of nitro benzene ring substituents is 1. The van der Waals surface area contributed by atoms with Crippen molar-refractivity contribution in [2.75, 3.05) is 0 Å². The van der Waals surface area contributed by atoms with E-state index in [2.05, 4.69) is 10.5 Å². The fourth-order valence-electron chi connectivity index (χ4n) is 3.18. The summed E-state index contributed by atoms with van der Waals surface area (Å²) in [5.41, 5.74) is 2.49. The highest BCUT2D eigenvalue weighted by Gasteiger charge is 2.21. The van der Waals surface area contributed by atoms with Crippen molar-refractivity contribution in [3.8, 4) is 11.5 Å². The second kappa shape index (κ2) is 11.0. The number of benzene rings is 3. The van der Waals surface area contributed by atoms with E-state index < -0.39 is 22.9 Å². The summed E-state index contributed by atoms with van der Waals surface area (Å²) < 4.78 is 11.8. The van der Waals surface area contributed by atoms with Crippen molar-refractivity contribution in [2.24, 2.45) is 5.10 Å². The van der Waals surface area contributed by atoms with Gasteiger partial charge in [-0.3, -0.25) is 14.9 Å². The van der Waals surface area contributed by atoms with Crippen LogP contribution in [0.5, 0.6) is 11.5 Å². The Morgan fingerprint density at radius 2 is 1.72 bits per heavy atom. The Balaban J connectivity index is 1.42. The average Bonchev–Trinajstić information content (AvgIpc) is 3.21. The van der Waals surface area contributed by atoms with Crippen LogP contribution in [0.2, 0.25) is 5.02 Å². The number of amides is 1. The number of hydrazone groups is 1. The molecule has 182 valence electrons. The topological polar surface area (TPSA) is 120 Å². The lowest BCUT2D eigenvalue weighted by atomic mass is 10.2. The monoisotopic (exact) mass is 523 g/mol. The molecule has 3 aromatic carbocycles. The first-order valence-corrected chi connectivity index (χ1v) is 11.8. The van der Waals surface area contributed by atoms with Crippen LogP contribution in [-0.4, -0.2) is 29.1 Å². The van der Waals surface area contributed by atoms with Gasteiger partial charge in [-0.2, -0.15) is 5.10 Å². The van der Waals surface area contributed by atoms with E-state index in [0.29, 0.717) is 10.6 Å². The molecule has 1 heterocycles. The van der Waals surface area contributed by atoms with E-state index in [1.807, 2.05) is 24.3 Å². The van der Waals surface area contributed by atoms with Gasteiger partial charge in [0.2, 0.25) is 0 Å². The van der Waals surface area contributed by atoms with E-state index in [0.717, 1.165) is 10.1 Å². The molecule has 0 unspecified atom stereocenters. The molecule has 0 radical (unpaired) electrons. The average molecular weight is 524 g/mol. The first-order chi connectivity index (χ1) is 17.3. The number of hydrogen-bond acceptors (Lipinski definition) is 8. The molecule has 0 fully saturated rings. The molecule has 1 amide bonds. The molecule has 11 heteroatoms. The van der Waals surface area contributed by atoms with Crippen molar-refractivity contribution in [1.82, 2.24) is 5.43 Å². The normalized spacial score (nSPS) is 11.8. The first kappa shape index (κ1) is 24.8. The molecule has 1 N–H and O–H groups in total. The Kier molecular flexibility index (Phi) is 7.57. The molecular weight excluding hydrogens is 506 g/mol. The van der Waals surface area contributed by atoms with Crippen LogP contribution >= 0.6 is 22.9 Å². The quantitative estimate of drug-likeness (QED) is 0.105. The third-order valence-electron chi connectivity index (χ3n) is 4.96. The molecule has 0 aliphatic heterocycles. The van der Waals surface area contributed by atoms with E-state index in [1.54, 1.807) is 30.3 Å². The Hall–Kier alpha value is -4.28. The lowest BCUT2D eigenvalue weighted by molar-refractivity contribution is -0.386. The zero-order valence-electron chi connectivity index (χ0n) is 18.7. The molecule has 4 rings (SSSR count). The molecule has 9 nitrogen and oxygen atoms in total. The van der Waals surface area contributed by atoms with Gasteiger partial charge in [0.05, 0.1) is 16.2 Å². The lowest BCUT2D eigenvalue weighted by Gasteiger charge is -2.12. The summed E-state index contributed by atoms with van der Waals surface area (Å²) in [6.07, 6.45) is 0.247. The molecule has 1 aromatic heterocycles. The number of rotatable bonds is 8. The highest BCUT2D eigenvalue weighted by Crippen LogP contribution is 2.36. The number of esters is 1. The number of carbonyl (C=O) groups is 2. The van der Waals surface area contributed by atoms with Gasteiger partial charge in [0.25, 0.3) is 5.91 Å². The van der Waals surface area contributed by atoms with Crippen LogP contribution in [0.25, 0.3) is 10.1 Å². The van der Waals surface area contributed by atoms with Crippen molar-refractivity contribution in [2.45, 2.75) is 13.0 Å². The summed E-state index contributed by atoms with van der Waals surface area (Å²) in [4.78, 5) is 36.0. The molecule has 0 bridgehead atoms. The van der Waals surface area contributed by atoms with Crippen LogP contribution < -0.4 is 14.9 Å². The zero-order chi connectivity index (χ0) is 25.7. The molecule has 0 spiro atoms. The minimum absolute atomic E-state index is 0.0358. The molecule has 1 atom stereocenters. The summed E-state index contributed by atoms with van der Waals surface area (Å²) in [6, 6.07) is 19.8. The van der Waals surface area contributed by atoms with Crippen LogP contribution in [-0.2, 0) is 4.79 Å². The predicted octanol–water partition coefficient (Wildman–Crippen LogP) is 5.60. The second-order valence-electron chi connectivity index (χ2n) is 7.39. The van der Waals surface area contributed by atoms with Gasteiger partial charge >= 0.3 is 11.7 Å². The van der Waals surface area contributed by atoms with E-state index in [4.69, 9.17) is 21.1 Å². The van der Waals surface area contributed by atoms with Crippen LogP contribution in [0.3, 0.4) is 0 Å². The smallest absolute Gasteiger partial charge is 0.355 e. The van der Waals surface area contributed by atoms with Gasteiger partial charge < -0.3 is 9.47 Å². The maximum Gasteiger partial charge on any atom is 0.355 e. The Bertz CT molecular complexity index is 1490. The van der Waals surface area contributed by atoms with Crippen molar-refractivity contribution >= 4 is 56.8 Å². The third kappa shape index (κ3) is 5.51. The number of hydrogen-bond donors (Lipinski definition) is 1. The fourth-order valence-corrected chi connectivity index (χ4v) is 4.56. The van der Waals surface area contributed by atoms with E-state index in [-0.39, 0.29) is 22.1 Å². The maximum atomic E-state index is 12.8. The molecular formula is C25H18ClN3O6S. The van der Waals surface area contributed by atoms with Crippen LogP contribution in [0.4, 0.5) is 5.69 Å². The number of ether oxygens (including phenoxy) is 2. The summed E-state index contributed by atoms with van der Waals surface area (Å²) in [5.74, 6) is -1.06. The minimum atomic E-state index is -1.06. The molecule has 36 heavy (non-hydrogen) atoms. The Morgan fingerprint density at radius 3 is 2.47 bits per heavy atom. The SMILES string of the molecule is C[C@H](Oc1ccccc1[N+](=O)[O-])C(=O)N/N=C\c1ccccc1OC(=O)c1sc2ccccc2c1Cl. The highest BCUT2D eigenvalue weighted by atomic mass is 35.5. The summed E-state index contributed by atoms with van der Waals surface area (Å²) in [5, 5.41) is 16.1. The van der Waals surface area contributed by atoms with Crippen LogP contribution in [0, 0.1) is 10.1 Å². The van der Waals surface area contributed by atoms with Gasteiger partial charge in [-0.05, 0) is 31.2 Å². The largest absolute Gasteiger partial charge is 0.474 e. The number of carbonyl (C=O) groups excluding carboxylic acids is 2. The van der Waals surface area contributed by atoms with E-state index in [1.165, 1.54) is 42.7 Å². The van der Waals surface area contributed by atoms with Gasteiger partial charge in [0, 0.05) is 21.7 Å². The minimum Gasteiger partial charge on any atom is -0.474 e. The molecule has 0 aliphatic rings. The number of nitro groups is 1. The molecule has 4 aromatic rings. The number of fused-ring (bicyclic) bond motifs is 1. The lowest BCUT2D eigenvalue weighted by Crippen LogP contribution is -2.33. The van der Waals surface area contributed by atoms with Crippen molar-refractivity contribution in [3.63, 3.8) is 0 Å². The number of halogens is 1. The fraction of sp³-hybridized carbons (Fsp3) is 0.0800. The number of nitrogens with zero attached hydrogens (tertiary/aromatic N) is 2. The van der Waals surface area contributed by atoms with Crippen molar-refractivity contribution in [1.29, 1.82) is 0 Å². The Morgan fingerprint density at radius 1 is 1.06 bits per heavy atom. The van der Waals surface area contributed by atoms with E-state index >= 15 is 0 Å². The van der Waals surface area contributed by atoms with Crippen molar-refractivity contribution < 1.29 is 24.0 Å². The molecule has 0 saturated carbocycles. The summed E-state index contributed by atoms with van der Waals surface area (Å²) >= 11 is 7.61. The van der Waals surface area contributed by atoms with Crippen molar-refractivity contribution in [3.05, 3.63) is 98.4 Å². The van der Waals surface area contributed by atoms with Gasteiger partial charge in [0.1, 0.15) is 10.6 Å². The van der Waals surface area contributed by atoms with Gasteiger partial charge in [0.15, 0.2) is 11.9 Å². The predicted molar refractivity (Wildman–Crippen MR) is 137 cm³/mol. The molecule has 0 aliphatic carbocycles. The first-order valence-electron chi connectivity index (χ1n) is 10.6. The van der Waals surface area contributed by atoms with Gasteiger partial charge in [-0.1, -0.05) is 54.1 Å². The Labute approximate surface area is 214 Å². The number of para-hydroxylation sites is 3. The van der Waals surface area contributed by atoms with E-state index in [9.17, 15) is 19.7 Å². The number of nitrogens with one attached hydrogen (secondary N) is 1. The molecule has 0 saturated heterocycles. The van der Waals surface area contributed by atoms with Gasteiger partial charge in [-0.15, -0.1) is 11.3 Å². The van der Waals surface area contributed by atoms with Crippen LogP contribution in [0.15, 0.2) is 77.9 Å². The van der Waals surface area contributed by atoms with Gasteiger partial charge in [-0.25, -0.2) is 10.2 Å². The zero-order valence-corrected chi connectivity index (χ0v) is 20.3. The standard InChI is InChI=1S/C25H18ClN3O6S/c1-15(34-20-12-6-4-10-18(20)29(32)33)24(30)28-27-14-16-8-2-5-11-19(16)35-25(31)23-22(26)17-9-3-7-13-21(17)36-23/h2-15H,1H3,(H,28,30)/b27-14-/t15-/m0/s1. The third-order valence-corrected chi connectivity index (χ3v) is 6.61. The summed E-state index contributed by atoms with van der Waals surface area (Å²) in [7, 11) is 0. The highest BCUT2D eigenvalue weighted by molar-refractivity contribution is 7.21. The van der Waals surface area contributed by atoms with Crippen LogP contribution in [0.1, 0.15) is 22.2 Å².